The van der Waals surface area contributed by atoms with Gasteiger partial charge in [-0.3, -0.25) is 0 Å². The van der Waals surface area contributed by atoms with Crippen LogP contribution in [0.4, 0.5) is 0 Å². The van der Waals surface area contributed by atoms with E-state index in [0.29, 0.717) is 5.01 Å². The van der Waals surface area contributed by atoms with Gasteiger partial charge in [0.25, 0.3) is 0 Å². The van der Waals surface area contributed by atoms with Crippen LogP contribution < -0.4 is 0 Å². The molecule has 0 saturated carbocycles. The molecular weight excluding hydrogens is 264 g/mol. The molecule has 0 aromatic rings. The molecule has 19 heavy (non-hydrogen) atoms. The molecule has 0 fully saturated rings. The molecule has 0 atom stereocenters. The maximum Gasteiger partial charge on any atom is 0.207 e. The second kappa shape index (κ2) is 8.66. The molecule has 0 aromatic carbocycles. The lowest BCUT2D eigenvalue weighted by Crippen LogP contribution is -2.42. The van der Waals surface area contributed by atoms with Gasteiger partial charge in [0.05, 0.1) is 6.54 Å². The summed E-state index contributed by atoms with van der Waals surface area (Å²) in [6, 6.07) is 0. The van der Waals surface area contributed by atoms with Gasteiger partial charge < -0.3 is 10.0 Å². The fourth-order valence-corrected chi connectivity index (χ4v) is 1.19. The third kappa shape index (κ3) is 6.80. The van der Waals surface area contributed by atoms with Gasteiger partial charge in [-0.1, -0.05) is 4.86 Å². The van der Waals surface area contributed by atoms with Crippen molar-refractivity contribution in [2.45, 2.75) is 6.92 Å². The molecule has 0 aliphatic carbocycles. The van der Waals surface area contributed by atoms with Crippen molar-refractivity contribution in [2.75, 3.05) is 39.8 Å². The third-order valence-corrected chi connectivity index (χ3v) is 2.17. The van der Waals surface area contributed by atoms with Gasteiger partial charge in [0, 0.05) is 0 Å². The molecule has 0 spiro atoms. The molecule has 12 nitrogen and oxygen atoms in total. The Hall–Kier alpha value is -2.40. The molecule has 110 valence electrons. The lowest BCUT2D eigenvalue weighted by atomic mass is 10.5. The Labute approximate surface area is 108 Å². The number of nitro groups is 2. The van der Waals surface area contributed by atoms with Gasteiger partial charge in [0.15, 0.2) is 15.3 Å². The largest absolute Gasteiger partial charge is 0.597 e. The van der Waals surface area contributed by atoms with Crippen LogP contribution in [0.5, 0.6) is 0 Å². The molecule has 0 unspecified atom stereocenters. The van der Waals surface area contributed by atoms with Crippen LogP contribution in [-0.4, -0.2) is 64.8 Å². The van der Waals surface area contributed by atoms with Gasteiger partial charge in [-0.15, -0.1) is 10.0 Å². The Morgan fingerprint density at radius 2 is 1.58 bits per heavy atom. The Kier molecular flexibility index (Phi) is 7.56. The SMILES string of the molecule is CCN(CCN(CC[N+]([O-])=NOC)[N+](=O)[O-])[N+](=O)[O-]. The van der Waals surface area contributed by atoms with Crippen LogP contribution in [-0.2, 0) is 4.84 Å². The zero-order valence-corrected chi connectivity index (χ0v) is 10.7. The molecule has 0 aromatic heterocycles. The van der Waals surface area contributed by atoms with E-state index in [-0.39, 0.29) is 37.6 Å². The summed E-state index contributed by atoms with van der Waals surface area (Å²) in [4.78, 5) is 25.6. The first-order chi connectivity index (χ1) is 8.92. The smallest absolute Gasteiger partial charge is 0.207 e. The van der Waals surface area contributed by atoms with Crippen molar-refractivity contribution >= 4 is 0 Å². The van der Waals surface area contributed by atoms with E-state index in [4.69, 9.17) is 0 Å². The lowest BCUT2D eigenvalue weighted by molar-refractivity contribution is -0.678. The average Bonchev–Trinajstić information content (AvgIpc) is 2.33. The van der Waals surface area contributed by atoms with E-state index in [2.05, 4.69) is 10.1 Å². The predicted molar refractivity (Wildman–Crippen MR) is 60.7 cm³/mol. The second-order valence-electron chi connectivity index (χ2n) is 3.32. The number of hydroxylamine groups is 1. The van der Waals surface area contributed by atoms with Gasteiger partial charge in [-0.05, 0) is 6.92 Å². The minimum atomic E-state index is -0.714. The Bertz CT molecular complexity index is 336. The van der Waals surface area contributed by atoms with Gasteiger partial charge >= 0.3 is 0 Å². The molecule has 0 rings (SSSR count). The lowest BCUT2D eigenvalue weighted by Gasteiger charge is -2.16. The van der Waals surface area contributed by atoms with Crippen molar-refractivity contribution in [1.29, 1.82) is 0 Å². The number of hydrogen-bond acceptors (Lipinski definition) is 7. The highest BCUT2D eigenvalue weighted by atomic mass is 16.7. The summed E-state index contributed by atoms with van der Waals surface area (Å²) in [5.41, 5.74) is 0. The quantitative estimate of drug-likeness (QED) is 0.226. The van der Waals surface area contributed by atoms with E-state index in [0.717, 1.165) is 5.01 Å². The molecule has 0 saturated heterocycles. The highest BCUT2D eigenvalue weighted by molar-refractivity contribution is 4.49. The first kappa shape index (κ1) is 16.6. The van der Waals surface area contributed by atoms with Crippen molar-refractivity contribution in [3.8, 4) is 0 Å². The van der Waals surface area contributed by atoms with Gasteiger partial charge in [0.1, 0.15) is 26.7 Å². The highest BCUT2D eigenvalue weighted by Gasteiger charge is 2.20. The van der Waals surface area contributed by atoms with E-state index in [1.165, 1.54) is 7.11 Å². The van der Waals surface area contributed by atoms with Crippen molar-refractivity contribution < 1.29 is 19.8 Å². The first-order valence-electron chi connectivity index (χ1n) is 5.39. The summed E-state index contributed by atoms with van der Waals surface area (Å²) < 4.78 is 0. The van der Waals surface area contributed by atoms with Crippen molar-refractivity contribution in [3.63, 3.8) is 0 Å². The Morgan fingerprint density at radius 3 is 2.00 bits per heavy atom. The van der Waals surface area contributed by atoms with E-state index >= 15 is 0 Å². The van der Waals surface area contributed by atoms with E-state index in [9.17, 15) is 25.4 Å². The molecule has 0 aliphatic rings. The molecule has 0 heterocycles. The molecule has 0 radical (unpaired) electrons. The topological polar surface area (TPSA) is 140 Å². The van der Waals surface area contributed by atoms with E-state index in [1.54, 1.807) is 6.92 Å². The molecule has 0 aliphatic heterocycles. The molecule has 0 bridgehead atoms. The summed E-state index contributed by atoms with van der Waals surface area (Å²) in [6.07, 6.45) is 0. The summed E-state index contributed by atoms with van der Waals surface area (Å²) in [6.45, 7) is 0.896. The molecule has 12 heteroatoms. The predicted octanol–water partition coefficient (Wildman–Crippen LogP) is -0.482. The van der Waals surface area contributed by atoms with Gasteiger partial charge in [-0.2, -0.15) is 0 Å². The summed E-state index contributed by atoms with van der Waals surface area (Å²) in [7, 11) is 1.17. The van der Waals surface area contributed by atoms with E-state index in [1.807, 2.05) is 0 Å². The summed E-state index contributed by atoms with van der Waals surface area (Å²) >= 11 is 0. The number of rotatable bonds is 10. The minimum Gasteiger partial charge on any atom is -0.597 e. The fraction of sp³-hybridized carbons (Fsp3) is 1.00. The molecular formula is C7H16N6O6. The second-order valence-corrected chi connectivity index (χ2v) is 3.32. The molecule has 0 N–H and O–H groups in total. The van der Waals surface area contributed by atoms with Crippen LogP contribution in [0.1, 0.15) is 6.92 Å². The minimum absolute atomic E-state index is 0.120. The van der Waals surface area contributed by atoms with Crippen LogP contribution in [0, 0.1) is 25.4 Å². The number of likely N-dealkylation sites (N-methyl/N-ethyl adjacent to an activating group) is 1. The average molecular weight is 280 g/mol. The third-order valence-electron chi connectivity index (χ3n) is 2.17. The maximum absolute atomic E-state index is 10.9. The first-order valence-corrected chi connectivity index (χ1v) is 5.39. The van der Waals surface area contributed by atoms with Gasteiger partial charge in [-0.25, -0.2) is 20.2 Å². The Morgan fingerprint density at radius 1 is 1.05 bits per heavy atom. The zero-order chi connectivity index (χ0) is 14.8. The Balaban J connectivity index is 4.31. The number of hydrazine groups is 2. The van der Waals surface area contributed by atoms with Crippen LogP contribution >= 0.6 is 0 Å². The highest BCUT2D eigenvalue weighted by Crippen LogP contribution is 1.94. The zero-order valence-electron chi connectivity index (χ0n) is 10.7. The monoisotopic (exact) mass is 280 g/mol. The van der Waals surface area contributed by atoms with E-state index < -0.39 is 10.1 Å². The van der Waals surface area contributed by atoms with Crippen molar-refractivity contribution in [2.24, 2.45) is 5.28 Å². The normalized spacial score (nSPS) is 10.9. The summed E-state index contributed by atoms with van der Waals surface area (Å²) in [5, 5.41) is 35.4. The summed E-state index contributed by atoms with van der Waals surface area (Å²) in [5.74, 6) is 0. The number of hydrogen-bond donors (Lipinski definition) is 0. The number of nitrogens with zero attached hydrogens (tertiary/aromatic N) is 6. The maximum atomic E-state index is 10.9. The van der Waals surface area contributed by atoms with Crippen molar-refractivity contribution in [3.05, 3.63) is 25.4 Å². The van der Waals surface area contributed by atoms with Crippen LogP contribution in [0.15, 0.2) is 5.28 Å². The van der Waals surface area contributed by atoms with Crippen LogP contribution in [0.2, 0.25) is 0 Å². The van der Waals surface area contributed by atoms with Crippen LogP contribution in [0.3, 0.4) is 0 Å². The van der Waals surface area contributed by atoms with Gasteiger partial charge in [0.2, 0.25) is 6.54 Å². The fourth-order valence-electron chi connectivity index (χ4n) is 1.19. The molecule has 0 amide bonds. The standard InChI is InChI=1S/C7H16N6O6/c1-3-9(12(15)16)4-5-10(13(17)18)6-7-11(14)8-19-2/h3-7H2,1-2H3. The van der Waals surface area contributed by atoms with Crippen LogP contribution in [0.25, 0.3) is 0 Å². The van der Waals surface area contributed by atoms with Crippen molar-refractivity contribution in [1.82, 2.24) is 10.0 Å².